The summed E-state index contributed by atoms with van der Waals surface area (Å²) < 4.78 is 2.14. The Labute approximate surface area is 185 Å². The number of benzene rings is 2. The second-order valence-corrected chi connectivity index (χ2v) is 9.04. The molecule has 2 aromatic carbocycles. The summed E-state index contributed by atoms with van der Waals surface area (Å²) in [4.78, 5) is 11.6. The van der Waals surface area contributed by atoms with Crippen LogP contribution in [0.5, 0.6) is 0 Å². The molecule has 0 amide bonds. The average Bonchev–Trinajstić information content (AvgIpc) is 3.56. The van der Waals surface area contributed by atoms with Gasteiger partial charge < -0.3 is 4.57 Å². The highest BCUT2D eigenvalue weighted by Gasteiger charge is 2.40. The number of halogens is 1. The van der Waals surface area contributed by atoms with Crippen molar-refractivity contribution in [3.8, 4) is 0 Å². The summed E-state index contributed by atoms with van der Waals surface area (Å²) in [6.07, 6.45) is 10.2. The lowest BCUT2D eigenvalue weighted by Crippen LogP contribution is -2.36. The van der Waals surface area contributed by atoms with Gasteiger partial charge in [-0.25, -0.2) is 9.97 Å². The minimum absolute atomic E-state index is 0.596. The minimum atomic E-state index is -0.596. The van der Waals surface area contributed by atoms with E-state index in [-0.39, 0.29) is 0 Å². The van der Waals surface area contributed by atoms with Crippen molar-refractivity contribution < 1.29 is 0 Å². The molecule has 6 heteroatoms. The largest absolute Gasteiger partial charge is 0.317 e. The van der Waals surface area contributed by atoms with Gasteiger partial charge in [0.15, 0.2) is 0 Å². The first kappa shape index (κ1) is 19.5. The monoisotopic (exact) mass is 434 g/mol. The minimum Gasteiger partial charge on any atom is -0.317 e. The van der Waals surface area contributed by atoms with Gasteiger partial charge in [-0.2, -0.15) is 0 Å². The fourth-order valence-corrected chi connectivity index (χ4v) is 5.43. The van der Waals surface area contributed by atoms with Gasteiger partial charge in [-0.1, -0.05) is 48.0 Å². The molecule has 2 aromatic heterocycles. The van der Waals surface area contributed by atoms with Gasteiger partial charge in [0.05, 0.1) is 6.33 Å². The van der Waals surface area contributed by atoms with E-state index in [1.165, 1.54) is 31.5 Å². The van der Waals surface area contributed by atoms with Gasteiger partial charge in [0.2, 0.25) is 0 Å². The zero-order valence-electron chi connectivity index (χ0n) is 16.6. The van der Waals surface area contributed by atoms with Crippen molar-refractivity contribution in [3.05, 3.63) is 106 Å². The molecule has 4 nitrogen and oxygen atoms in total. The molecule has 0 bridgehead atoms. The Balaban J connectivity index is 1.65. The fraction of sp³-hybridized carbons (Fsp3) is 0.250. The van der Waals surface area contributed by atoms with Crippen molar-refractivity contribution in [1.29, 1.82) is 0 Å². The molecule has 1 fully saturated rings. The zero-order chi connectivity index (χ0) is 20.4. The van der Waals surface area contributed by atoms with Gasteiger partial charge >= 0.3 is 0 Å². The zero-order valence-corrected chi connectivity index (χ0v) is 18.2. The van der Waals surface area contributed by atoms with E-state index in [1.54, 1.807) is 11.3 Å². The molecule has 3 heterocycles. The smallest absolute Gasteiger partial charge is 0.148 e. The summed E-state index contributed by atoms with van der Waals surface area (Å²) in [6, 6.07) is 17.0. The molecular formula is C24H23ClN4S. The standard InChI is InChI=1S/C24H23ClN4S/c25-22-9-7-21(8-10-22)24(23-27-12-16-30-23,29-15-11-26-18-29)20-5-3-19(4-6-20)17-28-13-1-2-14-28/h3-12,15-16,18H,1-2,13-14,17H2. The second kappa shape index (κ2) is 8.34. The Hall–Kier alpha value is -2.47. The quantitative estimate of drug-likeness (QED) is 0.405. The highest BCUT2D eigenvalue weighted by atomic mass is 35.5. The van der Waals surface area contributed by atoms with Crippen molar-refractivity contribution in [2.45, 2.75) is 24.9 Å². The van der Waals surface area contributed by atoms with Crippen LogP contribution in [0.4, 0.5) is 0 Å². The highest BCUT2D eigenvalue weighted by molar-refractivity contribution is 7.09. The molecule has 1 aliphatic heterocycles. The number of aromatic nitrogens is 3. The van der Waals surface area contributed by atoms with Crippen molar-refractivity contribution in [3.63, 3.8) is 0 Å². The number of likely N-dealkylation sites (tertiary alicyclic amines) is 1. The number of hydrogen-bond acceptors (Lipinski definition) is 4. The van der Waals surface area contributed by atoms with Crippen LogP contribution < -0.4 is 0 Å². The second-order valence-electron chi connectivity index (χ2n) is 7.70. The molecule has 1 unspecified atom stereocenters. The maximum atomic E-state index is 6.22. The molecule has 30 heavy (non-hydrogen) atoms. The maximum Gasteiger partial charge on any atom is 0.148 e. The summed E-state index contributed by atoms with van der Waals surface area (Å²) >= 11 is 7.87. The van der Waals surface area contributed by atoms with Crippen LogP contribution in [0.25, 0.3) is 0 Å². The first-order valence-corrected chi connectivity index (χ1v) is 11.5. The number of imidazole rings is 1. The molecule has 0 radical (unpaired) electrons. The van der Waals surface area contributed by atoms with E-state index < -0.39 is 5.54 Å². The van der Waals surface area contributed by atoms with Crippen molar-refractivity contribution >= 4 is 22.9 Å². The Morgan fingerprint density at radius 3 is 2.23 bits per heavy atom. The summed E-state index contributed by atoms with van der Waals surface area (Å²) in [5, 5.41) is 3.74. The van der Waals surface area contributed by atoms with Crippen LogP contribution in [-0.2, 0) is 12.1 Å². The van der Waals surface area contributed by atoms with Crippen molar-refractivity contribution in [2.24, 2.45) is 0 Å². The van der Waals surface area contributed by atoms with Crippen molar-refractivity contribution in [1.82, 2.24) is 19.4 Å². The van der Waals surface area contributed by atoms with Gasteiger partial charge in [0.1, 0.15) is 10.5 Å². The van der Waals surface area contributed by atoms with Crippen LogP contribution in [0, 0.1) is 0 Å². The van der Waals surface area contributed by atoms with Crippen molar-refractivity contribution in [2.75, 3.05) is 13.1 Å². The first-order valence-electron chi connectivity index (χ1n) is 10.2. The number of nitrogens with zero attached hydrogens (tertiary/aromatic N) is 4. The van der Waals surface area contributed by atoms with Crippen LogP contribution in [0.1, 0.15) is 34.5 Å². The van der Waals surface area contributed by atoms with Crippen LogP contribution in [0.2, 0.25) is 5.02 Å². The SMILES string of the molecule is Clc1ccc(C(c2ccc(CN3CCCC3)cc2)(c2nccs2)n2ccnc2)cc1. The summed E-state index contributed by atoms with van der Waals surface area (Å²) in [5.74, 6) is 0. The number of thiazole rings is 1. The Kier molecular flexibility index (Phi) is 5.42. The fourth-order valence-electron chi connectivity index (χ4n) is 4.42. The van der Waals surface area contributed by atoms with E-state index in [9.17, 15) is 0 Å². The first-order chi connectivity index (χ1) is 14.8. The average molecular weight is 435 g/mol. The molecule has 0 aliphatic carbocycles. The van der Waals surface area contributed by atoms with Gasteiger partial charge in [0.25, 0.3) is 0 Å². The van der Waals surface area contributed by atoms with E-state index in [2.05, 4.69) is 50.8 Å². The predicted molar refractivity (Wildman–Crippen MR) is 122 cm³/mol. The van der Waals surface area contributed by atoms with Gasteiger partial charge in [-0.05, 0) is 54.8 Å². The van der Waals surface area contributed by atoms with E-state index in [0.29, 0.717) is 0 Å². The molecule has 0 N–H and O–H groups in total. The van der Waals surface area contributed by atoms with Crippen LogP contribution >= 0.6 is 22.9 Å². The summed E-state index contributed by atoms with van der Waals surface area (Å²) in [6.45, 7) is 3.41. The third kappa shape index (κ3) is 3.47. The third-order valence-electron chi connectivity index (χ3n) is 5.87. The Morgan fingerprint density at radius 1 is 0.933 bits per heavy atom. The van der Waals surface area contributed by atoms with Gasteiger partial charge in [0, 0.05) is 35.5 Å². The Morgan fingerprint density at radius 2 is 1.63 bits per heavy atom. The lowest BCUT2D eigenvalue weighted by molar-refractivity contribution is 0.331. The highest BCUT2D eigenvalue weighted by Crippen LogP contribution is 2.42. The lowest BCUT2D eigenvalue weighted by atomic mass is 9.82. The molecule has 0 saturated carbocycles. The van der Waals surface area contributed by atoms with Gasteiger partial charge in [-0.15, -0.1) is 11.3 Å². The molecule has 4 aromatic rings. The molecule has 1 aliphatic rings. The summed E-state index contributed by atoms with van der Waals surface area (Å²) in [7, 11) is 0. The number of rotatable bonds is 6. The molecule has 5 rings (SSSR count). The normalized spacial score (nSPS) is 16.6. The Bertz CT molecular complexity index is 1030. The van der Waals surface area contributed by atoms with E-state index in [0.717, 1.165) is 27.7 Å². The van der Waals surface area contributed by atoms with E-state index in [1.807, 2.05) is 42.4 Å². The molecule has 1 atom stereocenters. The lowest BCUT2D eigenvalue weighted by Gasteiger charge is -2.35. The molecule has 0 spiro atoms. The molecular weight excluding hydrogens is 412 g/mol. The van der Waals surface area contributed by atoms with E-state index in [4.69, 9.17) is 16.6 Å². The van der Waals surface area contributed by atoms with Crippen LogP contribution in [0.3, 0.4) is 0 Å². The maximum absolute atomic E-state index is 6.22. The van der Waals surface area contributed by atoms with Gasteiger partial charge in [-0.3, -0.25) is 4.90 Å². The molecule has 1 saturated heterocycles. The number of hydrogen-bond donors (Lipinski definition) is 0. The summed E-state index contributed by atoms with van der Waals surface area (Å²) in [5.41, 5.74) is 3.01. The third-order valence-corrected chi connectivity index (χ3v) is 7.01. The molecule has 152 valence electrons. The van der Waals surface area contributed by atoms with E-state index >= 15 is 0 Å². The predicted octanol–water partition coefficient (Wildman–Crippen LogP) is 5.43. The van der Waals surface area contributed by atoms with Crippen LogP contribution in [0.15, 0.2) is 78.8 Å². The van der Waals surface area contributed by atoms with Crippen LogP contribution in [-0.4, -0.2) is 32.5 Å². The topological polar surface area (TPSA) is 34.0 Å².